The molecule has 0 radical (unpaired) electrons. The van der Waals surface area contributed by atoms with Gasteiger partial charge in [-0.25, -0.2) is 0 Å². The SMILES string of the molecule is CCNC(=NCC(OC)C(C)(C)C)NC1CCC(SC)C1. The second kappa shape index (κ2) is 8.89. The largest absolute Gasteiger partial charge is 0.379 e. The van der Waals surface area contributed by atoms with Gasteiger partial charge < -0.3 is 15.4 Å². The van der Waals surface area contributed by atoms with Crippen LogP contribution in [0, 0.1) is 5.41 Å². The highest BCUT2D eigenvalue weighted by Gasteiger charge is 2.26. The van der Waals surface area contributed by atoms with Crippen LogP contribution in [0.4, 0.5) is 0 Å². The predicted octanol–water partition coefficient (Wildman–Crippen LogP) is 2.89. The smallest absolute Gasteiger partial charge is 0.191 e. The van der Waals surface area contributed by atoms with E-state index < -0.39 is 0 Å². The molecule has 0 aromatic rings. The molecule has 1 saturated carbocycles. The van der Waals surface area contributed by atoms with Gasteiger partial charge in [-0.3, -0.25) is 4.99 Å². The first kappa shape index (κ1) is 18.6. The van der Waals surface area contributed by atoms with Gasteiger partial charge in [0.15, 0.2) is 5.96 Å². The van der Waals surface area contributed by atoms with Crippen LogP contribution < -0.4 is 10.6 Å². The van der Waals surface area contributed by atoms with E-state index in [9.17, 15) is 0 Å². The molecule has 1 aliphatic rings. The van der Waals surface area contributed by atoms with Gasteiger partial charge >= 0.3 is 0 Å². The Hall–Kier alpha value is -0.420. The standard InChI is InChI=1S/C16H33N3OS/c1-7-17-15(18-11-14(20-5)16(2,3)4)19-12-8-9-13(10-12)21-6/h12-14H,7-11H2,1-6H3,(H2,17,18,19). The number of ether oxygens (including phenoxy) is 1. The summed E-state index contributed by atoms with van der Waals surface area (Å²) >= 11 is 1.98. The predicted molar refractivity (Wildman–Crippen MR) is 94.3 cm³/mol. The van der Waals surface area contributed by atoms with Gasteiger partial charge in [-0.2, -0.15) is 11.8 Å². The summed E-state index contributed by atoms with van der Waals surface area (Å²) < 4.78 is 5.58. The number of guanidine groups is 1. The van der Waals surface area contributed by atoms with Gasteiger partial charge in [0.1, 0.15) is 0 Å². The average Bonchev–Trinajstić information content (AvgIpc) is 2.85. The van der Waals surface area contributed by atoms with Crippen molar-refractivity contribution in [2.45, 2.75) is 64.4 Å². The maximum absolute atomic E-state index is 5.58. The first-order chi connectivity index (χ1) is 9.90. The van der Waals surface area contributed by atoms with Crippen LogP contribution in [0.3, 0.4) is 0 Å². The highest BCUT2D eigenvalue weighted by atomic mass is 32.2. The van der Waals surface area contributed by atoms with E-state index in [1.54, 1.807) is 7.11 Å². The Balaban J connectivity index is 2.57. The molecule has 2 N–H and O–H groups in total. The van der Waals surface area contributed by atoms with Crippen LogP contribution >= 0.6 is 11.8 Å². The van der Waals surface area contributed by atoms with Crippen molar-refractivity contribution in [3.8, 4) is 0 Å². The van der Waals surface area contributed by atoms with Crippen LogP contribution in [0.15, 0.2) is 4.99 Å². The van der Waals surface area contributed by atoms with E-state index in [0.29, 0.717) is 12.6 Å². The van der Waals surface area contributed by atoms with Gasteiger partial charge in [-0.05, 0) is 37.9 Å². The number of aliphatic imine (C=N–C) groups is 1. The summed E-state index contributed by atoms with van der Waals surface area (Å²) in [5.41, 5.74) is 0.104. The third-order valence-electron chi connectivity index (χ3n) is 4.07. The maximum atomic E-state index is 5.58. The minimum Gasteiger partial charge on any atom is -0.379 e. The van der Waals surface area contributed by atoms with E-state index in [1.165, 1.54) is 19.3 Å². The van der Waals surface area contributed by atoms with Crippen molar-refractivity contribution >= 4 is 17.7 Å². The molecule has 0 aromatic heterocycles. The molecule has 0 bridgehead atoms. The molecule has 4 nitrogen and oxygen atoms in total. The van der Waals surface area contributed by atoms with Gasteiger partial charge in [0.05, 0.1) is 12.6 Å². The molecule has 0 aliphatic heterocycles. The van der Waals surface area contributed by atoms with Crippen molar-refractivity contribution in [3.63, 3.8) is 0 Å². The van der Waals surface area contributed by atoms with Crippen LogP contribution in [0.25, 0.3) is 0 Å². The Morgan fingerprint density at radius 1 is 1.38 bits per heavy atom. The van der Waals surface area contributed by atoms with E-state index >= 15 is 0 Å². The Bertz CT molecular complexity index is 328. The van der Waals surface area contributed by atoms with E-state index in [0.717, 1.165) is 17.8 Å². The normalized spacial score (nSPS) is 25.0. The van der Waals surface area contributed by atoms with Gasteiger partial charge in [0, 0.05) is 24.9 Å². The summed E-state index contributed by atoms with van der Waals surface area (Å²) in [6, 6.07) is 0.552. The molecule has 0 aromatic carbocycles. The molecule has 1 rings (SSSR count). The number of nitrogens with zero attached hydrogens (tertiary/aromatic N) is 1. The fraction of sp³-hybridized carbons (Fsp3) is 0.938. The zero-order valence-corrected chi connectivity index (χ0v) is 15.3. The molecule has 5 heteroatoms. The lowest BCUT2D eigenvalue weighted by Crippen LogP contribution is -2.43. The first-order valence-corrected chi connectivity index (χ1v) is 9.29. The highest BCUT2D eigenvalue weighted by Crippen LogP contribution is 2.28. The summed E-state index contributed by atoms with van der Waals surface area (Å²) in [5.74, 6) is 0.926. The molecule has 124 valence electrons. The number of hydrogen-bond donors (Lipinski definition) is 2. The second-order valence-electron chi connectivity index (χ2n) is 6.82. The quantitative estimate of drug-likeness (QED) is 0.584. The van der Waals surface area contributed by atoms with Gasteiger partial charge in [-0.15, -0.1) is 0 Å². The first-order valence-electron chi connectivity index (χ1n) is 8.01. The summed E-state index contributed by atoms with van der Waals surface area (Å²) in [5, 5.41) is 7.73. The van der Waals surface area contributed by atoms with Crippen molar-refractivity contribution in [1.29, 1.82) is 0 Å². The molecule has 3 atom stereocenters. The summed E-state index contributed by atoms with van der Waals surface area (Å²) in [7, 11) is 1.77. The van der Waals surface area contributed by atoms with Crippen LogP contribution in [0.1, 0.15) is 47.0 Å². The zero-order chi connectivity index (χ0) is 15.9. The van der Waals surface area contributed by atoms with Crippen LogP contribution in [-0.4, -0.2) is 49.8 Å². The number of hydrogen-bond acceptors (Lipinski definition) is 3. The maximum Gasteiger partial charge on any atom is 0.191 e. The van der Waals surface area contributed by atoms with Gasteiger partial charge in [0.2, 0.25) is 0 Å². The fourth-order valence-corrected chi connectivity index (χ4v) is 3.47. The van der Waals surface area contributed by atoms with Crippen molar-refractivity contribution in [3.05, 3.63) is 0 Å². The van der Waals surface area contributed by atoms with Crippen LogP contribution in [0.2, 0.25) is 0 Å². The molecule has 21 heavy (non-hydrogen) atoms. The lowest BCUT2D eigenvalue weighted by atomic mass is 9.89. The number of rotatable bonds is 6. The average molecular weight is 316 g/mol. The Morgan fingerprint density at radius 3 is 2.57 bits per heavy atom. The molecular formula is C16H33N3OS. The van der Waals surface area contributed by atoms with Crippen LogP contribution in [0.5, 0.6) is 0 Å². The molecule has 0 saturated heterocycles. The van der Waals surface area contributed by atoms with Crippen LogP contribution in [-0.2, 0) is 4.74 Å². The summed E-state index contributed by atoms with van der Waals surface area (Å²) in [6.45, 7) is 10.3. The molecule has 0 amide bonds. The second-order valence-corrected chi connectivity index (χ2v) is 7.96. The molecule has 0 heterocycles. The minimum absolute atomic E-state index is 0.104. The molecule has 0 spiro atoms. The summed E-state index contributed by atoms with van der Waals surface area (Å²) in [6.07, 6.45) is 6.12. The topological polar surface area (TPSA) is 45.7 Å². The molecule has 3 unspecified atom stereocenters. The van der Waals surface area contributed by atoms with Crippen molar-refractivity contribution in [1.82, 2.24) is 10.6 Å². The fourth-order valence-electron chi connectivity index (χ4n) is 2.67. The number of methoxy groups -OCH3 is 1. The third-order valence-corrected chi connectivity index (χ3v) is 5.16. The van der Waals surface area contributed by atoms with Gasteiger partial charge in [0.25, 0.3) is 0 Å². The molecule has 1 fully saturated rings. The number of thioether (sulfide) groups is 1. The lowest BCUT2D eigenvalue weighted by Gasteiger charge is -2.28. The Labute approximate surface area is 134 Å². The van der Waals surface area contributed by atoms with Crippen molar-refractivity contribution in [2.75, 3.05) is 26.5 Å². The van der Waals surface area contributed by atoms with E-state index in [1.807, 2.05) is 11.8 Å². The highest BCUT2D eigenvalue weighted by molar-refractivity contribution is 7.99. The van der Waals surface area contributed by atoms with E-state index in [4.69, 9.17) is 9.73 Å². The monoisotopic (exact) mass is 315 g/mol. The van der Waals surface area contributed by atoms with Crippen molar-refractivity contribution < 1.29 is 4.74 Å². The zero-order valence-electron chi connectivity index (χ0n) is 14.5. The Morgan fingerprint density at radius 2 is 2.10 bits per heavy atom. The van der Waals surface area contributed by atoms with Gasteiger partial charge in [-0.1, -0.05) is 20.8 Å². The molecular weight excluding hydrogens is 282 g/mol. The Kier molecular flexibility index (Phi) is 7.88. The van der Waals surface area contributed by atoms with Crippen molar-refractivity contribution in [2.24, 2.45) is 10.4 Å². The number of nitrogens with one attached hydrogen (secondary N) is 2. The lowest BCUT2D eigenvalue weighted by molar-refractivity contribution is 0.0241. The third kappa shape index (κ3) is 6.47. The molecule has 1 aliphatic carbocycles. The van der Waals surface area contributed by atoms with E-state index in [2.05, 4.69) is 44.6 Å². The minimum atomic E-state index is 0.104. The summed E-state index contributed by atoms with van der Waals surface area (Å²) in [4.78, 5) is 4.73. The van der Waals surface area contributed by atoms with E-state index in [-0.39, 0.29) is 11.5 Å².